The molecule has 0 bridgehead atoms. The molecule has 3 rings (SSSR count). The first-order valence-corrected chi connectivity index (χ1v) is 8.42. The van der Waals surface area contributed by atoms with Crippen LogP contribution in [0.15, 0.2) is 18.2 Å². The molecule has 2 aliphatic rings. The van der Waals surface area contributed by atoms with Gasteiger partial charge in [-0.2, -0.15) is 0 Å². The molecule has 4 heteroatoms. The Bertz CT molecular complexity index is 512. The van der Waals surface area contributed by atoms with E-state index in [9.17, 15) is 5.11 Å². The average Bonchev–Trinajstić information content (AvgIpc) is 2.51. The molecule has 0 aromatic heterocycles. The van der Waals surface area contributed by atoms with Crippen LogP contribution in [0.25, 0.3) is 0 Å². The Morgan fingerprint density at radius 1 is 1.18 bits per heavy atom. The predicted octanol–water partition coefficient (Wildman–Crippen LogP) is 2.85. The van der Waals surface area contributed by atoms with Crippen molar-refractivity contribution in [3.63, 3.8) is 0 Å². The molecule has 0 radical (unpaired) electrons. The van der Waals surface area contributed by atoms with Crippen molar-refractivity contribution in [3.05, 3.63) is 23.8 Å². The van der Waals surface area contributed by atoms with E-state index in [0.717, 1.165) is 19.6 Å². The van der Waals surface area contributed by atoms with Crippen molar-refractivity contribution in [2.45, 2.75) is 44.2 Å². The van der Waals surface area contributed by atoms with Gasteiger partial charge in [0.15, 0.2) is 11.5 Å². The number of ether oxygens (including phenoxy) is 1. The number of nitrogens with zero attached hydrogens (tertiary/aromatic N) is 2. The van der Waals surface area contributed by atoms with Crippen molar-refractivity contribution in [3.8, 4) is 11.5 Å². The molecule has 1 aromatic rings. The topological polar surface area (TPSA) is 35.9 Å². The largest absolute Gasteiger partial charge is 0.504 e. The van der Waals surface area contributed by atoms with Crippen LogP contribution in [0.5, 0.6) is 11.5 Å². The molecule has 1 heterocycles. The third-order valence-electron chi connectivity index (χ3n) is 5.39. The number of rotatable bonds is 3. The van der Waals surface area contributed by atoms with Gasteiger partial charge >= 0.3 is 0 Å². The third kappa shape index (κ3) is 3.08. The van der Waals surface area contributed by atoms with Gasteiger partial charge in [-0.15, -0.1) is 0 Å². The second-order valence-electron chi connectivity index (χ2n) is 6.95. The Labute approximate surface area is 133 Å². The highest BCUT2D eigenvalue weighted by Crippen LogP contribution is 2.37. The predicted molar refractivity (Wildman–Crippen MR) is 88.4 cm³/mol. The van der Waals surface area contributed by atoms with Gasteiger partial charge in [0, 0.05) is 31.7 Å². The van der Waals surface area contributed by atoms with Gasteiger partial charge < -0.3 is 14.7 Å². The maximum absolute atomic E-state index is 10.0. The number of piperazine rings is 1. The van der Waals surface area contributed by atoms with Crippen LogP contribution in [0.3, 0.4) is 0 Å². The highest BCUT2D eigenvalue weighted by molar-refractivity contribution is 5.41. The molecule has 1 N–H and O–H groups in total. The smallest absolute Gasteiger partial charge is 0.160 e. The molecule has 1 spiro atoms. The van der Waals surface area contributed by atoms with E-state index in [0.29, 0.717) is 11.3 Å². The number of benzene rings is 1. The van der Waals surface area contributed by atoms with E-state index < -0.39 is 0 Å². The number of hydrogen-bond acceptors (Lipinski definition) is 4. The summed E-state index contributed by atoms with van der Waals surface area (Å²) in [6.45, 7) is 4.34. The van der Waals surface area contributed by atoms with Crippen molar-refractivity contribution in [2.24, 2.45) is 0 Å². The summed E-state index contributed by atoms with van der Waals surface area (Å²) in [6, 6.07) is 5.80. The summed E-state index contributed by atoms with van der Waals surface area (Å²) in [7, 11) is 3.83. The van der Waals surface area contributed by atoms with Crippen molar-refractivity contribution in [2.75, 3.05) is 33.8 Å². The summed E-state index contributed by atoms with van der Waals surface area (Å²) in [5, 5.41) is 10.0. The average molecular weight is 304 g/mol. The van der Waals surface area contributed by atoms with Crippen LogP contribution in [-0.2, 0) is 6.54 Å². The van der Waals surface area contributed by atoms with Gasteiger partial charge in [-0.25, -0.2) is 0 Å². The number of likely N-dealkylation sites (N-methyl/N-ethyl adjacent to an activating group) is 1. The zero-order valence-corrected chi connectivity index (χ0v) is 13.8. The second-order valence-corrected chi connectivity index (χ2v) is 6.95. The zero-order valence-electron chi connectivity index (χ0n) is 13.8. The SMILES string of the molecule is COc1ccc(CN2CCN(C)CC23CCCCC3)cc1O. The number of hydrogen-bond donors (Lipinski definition) is 1. The molecule has 22 heavy (non-hydrogen) atoms. The van der Waals surface area contributed by atoms with Crippen LogP contribution in [-0.4, -0.2) is 54.2 Å². The molecule has 2 fully saturated rings. The molecule has 1 aromatic carbocycles. The van der Waals surface area contributed by atoms with Crippen LogP contribution >= 0.6 is 0 Å². The minimum atomic E-state index is 0.242. The Balaban J connectivity index is 1.78. The van der Waals surface area contributed by atoms with Gasteiger partial charge in [0.2, 0.25) is 0 Å². The van der Waals surface area contributed by atoms with Crippen LogP contribution in [0, 0.1) is 0 Å². The lowest BCUT2D eigenvalue weighted by molar-refractivity contribution is -0.0239. The van der Waals surface area contributed by atoms with E-state index in [-0.39, 0.29) is 5.75 Å². The van der Waals surface area contributed by atoms with Gasteiger partial charge in [-0.05, 0) is 37.6 Å². The molecule has 0 unspecified atom stereocenters. The lowest BCUT2D eigenvalue weighted by atomic mass is 9.78. The van der Waals surface area contributed by atoms with E-state index in [1.165, 1.54) is 44.2 Å². The fraction of sp³-hybridized carbons (Fsp3) is 0.667. The monoisotopic (exact) mass is 304 g/mol. The summed E-state index contributed by atoms with van der Waals surface area (Å²) < 4.78 is 5.14. The maximum Gasteiger partial charge on any atom is 0.160 e. The highest BCUT2D eigenvalue weighted by Gasteiger charge is 2.41. The summed E-state index contributed by atoms with van der Waals surface area (Å²) in [5.41, 5.74) is 1.51. The molecule has 1 saturated carbocycles. The second kappa shape index (κ2) is 6.47. The number of methoxy groups -OCH3 is 1. The first-order chi connectivity index (χ1) is 10.6. The molecular weight excluding hydrogens is 276 g/mol. The number of phenols is 1. The van der Waals surface area contributed by atoms with Crippen LogP contribution in [0.1, 0.15) is 37.7 Å². The van der Waals surface area contributed by atoms with Gasteiger partial charge in [0.1, 0.15) is 0 Å². The lowest BCUT2D eigenvalue weighted by Crippen LogP contribution is -2.61. The third-order valence-corrected chi connectivity index (χ3v) is 5.39. The molecule has 1 saturated heterocycles. The summed E-state index contributed by atoms with van der Waals surface area (Å²) in [4.78, 5) is 5.14. The lowest BCUT2D eigenvalue weighted by Gasteiger charge is -2.52. The van der Waals surface area contributed by atoms with Crippen LogP contribution in [0.2, 0.25) is 0 Å². The van der Waals surface area contributed by atoms with Gasteiger partial charge in [-0.1, -0.05) is 25.3 Å². The number of aromatic hydroxyl groups is 1. The van der Waals surface area contributed by atoms with Crippen molar-refractivity contribution < 1.29 is 9.84 Å². The van der Waals surface area contributed by atoms with E-state index >= 15 is 0 Å². The molecule has 122 valence electrons. The zero-order chi connectivity index (χ0) is 15.6. The van der Waals surface area contributed by atoms with E-state index in [2.05, 4.69) is 22.9 Å². The van der Waals surface area contributed by atoms with Crippen LogP contribution in [0.4, 0.5) is 0 Å². The van der Waals surface area contributed by atoms with Crippen molar-refractivity contribution >= 4 is 0 Å². The molecule has 0 atom stereocenters. The van der Waals surface area contributed by atoms with E-state index in [1.54, 1.807) is 7.11 Å². The minimum Gasteiger partial charge on any atom is -0.504 e. The Kier molecular flexibility index (Phi) is 4.59. The Hall–Kier alpha value is -1.26. The van der Waals surface area contributed by atoms with Crippen molar-refractivity contribution in [1.82, 2.24) is 9.80 Å². The fourth-order valence-corrected chi connectivity index (χ4v) is 4.20. The first-order valence-electron chi connectivity index (χ1n) is 8.42. The van der Waals surface area contributed by atoms with Gasteiger partial charge in [0.05, 0.1) is 7.11 Å². The number of phenolic OH excluding ortho intramolecular Hbond substituents is 1. The molecular formula is C18H28N2O2. The summed E-state index contributed by atoms with van der Waals surface area (Å²) >= 11 is 0. The first kappa shape index (κ1) is 15.6. The molecule has 4 nitrogen and oxygen atoms in total. The summed E-state index contributed by atoms with van der Waals surface area (Å²) in [6.07, 6.45) is 6.68. The van der Waals surface area contributed by atoms with Gasteiger partial charge in [0.25, 0.3) is 0 Å². The maximum atomic E-state index is 10.0. The quantitative estimate of drug-likeness (QED) is 0.931. The van der Waals surface area contributed by atoms with Crippen molar-refractivity contribution in [1.29, 1.82) is 0 Å². The minimum absolute atomic E-state index is 0.242. The fourth-order valence-electron chi connectivity index (χ4n) is 4.20. The Morgan fingerprint density at radius 3 is 2.64 bits per heavy atom. The van der Waals surface area contributed by atoms with E-state index in [1.807, 2.05) is 12.1 Å². The normalized spacial score (nSPS) is 22.8. The standard InChI is InChI=1S/C18H28N2O2/c1-19-10-11-20(18(14-19)8-4-3-5-9-18)13-15-6-7-17(22-2)16(21)12-15/h6-7,12,21H,3-5,8-11,13-14H2,1-2H3. The highest BCUT2D eigenvalue weighted by atomic mass is 16.5. The molecule has 1 aliphatic carbocycles. The molecule has 1 aliphatic heterocycles. The summed E-state index contributed by atoms with van der Waals surface area (Å²) in [5.74, 6) is 0.793. The Morgan fingerprint density at radius 2 is 1.95 bits per heavy atom. The van der Waals surface area contributed by atoms with Gasteiger partial charge in [-0.3, -0.25) is 4.90 Å². The van der Waals surface area contributed by atoms with Crippen LogP contribution < -0.4 is 4.74 Å². The molecule has 0 amide bonds. The van der Waals surface area contributed by atoms with E-state index in [4.69, 9.17) is 4.74 Å².